The highest BCUT2D eigenvalue weighted by Crippen LogP contribution is 2.36. The maximum Gasteiger partial charge on any atom is 0.266 e. The Bertz CT molecular complexity index is 1270. The molecule has 0 spiro atoms. The molecule has 3 aliphatic rings. The summed E-state index contributed by atoms with van der Waals surface area (Å²) < 4.78 is 27.8. The minimum absolute atomic E-state index is 0.0981. The summed E-state index contributed by atoms with van der Waals surface area (Å²) in [6.07, 6.45) is 4.81. The van der Waals surface area contributed by atoms with E-state index in [1.54, 1.807) is 11.2 Å². The molecule has 0 atom stereocenters. The van der Waals surface area contributed by atoms with Crippen molar-refractivity contribution in [2.45, 2.75) is 51.1 Å². The minimum atomic E-state index is -2.63. The number of aromatic nitrogens is 2. The molecule has 0 aliphatic carbocycles. The van der Waals surface area contributed by atoms with Crippen LogP contribution >= 0.6 is 0 Å². The summed E-state index contributed by atoms with van der Waals surface area (Å²) >= 11 is 0. The first-order valence-electron chi connectivity index (χ1n) is 13.0. The van der Waals surface area contributed by atoms with Crippen LogP contribution in [0.4, 0.5) is 26.0 Å². The van der Waals surface area contributed by atoms with Crippen molar-refractivity contribution in [1.29, 1.82) is 0 Å². The summed E-state index contributed by atoms with van der Waals surface area (Å²) in [5.41, 5.74) is 6.59. The molecule has 2 saturated heterocycles. The van der Waals surface area contributed by atoms with Gasteiger partial charge in [0.25, 0.3) is 5.92 Å². The number of nitrogens with one attached hydrogen (secondary N) is 1. The summed E-state index contributed by atoms with van der Waals surface area (Å²) in [6, 6.07) is 11.3. The van der Waals surface area contributed by atoms with Crippen molar-refractivity contribution in [3.63, 3.8) is 0 Å². The van der Waals surface area contributed by atoms with Gasteiger partial charge in [-0.05, 0) is 87.3 Å². The van der Waals surface area contributed by atoms with Gasteiger partial charge in [-0.2, -0.15) is 0 Å². The first-order valence-corrected chi connectivity index (χ1v) is 13.0. The number of hydrogen-bond donors (Lipinski definition) is 1. The van der Waals surface area contributed by atoms with Crippen LogP contribution in [-0.4, -0.2) is 66.6 Å². The molecule has 2 fully saturated rings. The third kappa shape index (κ3) is 4.59. The van der Waals surface area contributed by atoms with Gasteiger partial charge in [-0.15, -0.1) is 0 Å². The second-order valence-corrected chi connectivity index (χ2v) is 10.8. The van der Waals surface area contributed by atoms with E-state index >= 15 is 0 Å². The Labute approximate surface area is 211 Å². The Morgan fingerprint density at radius 3 is 2.58 bits per heavy atom. The number of rotatable bonds is 4. The van der Waals surface area contributed by atoms with Crippen LogP contribution < -0.4 is 15.1 Å². The maximum atomic E-state index is 13.9. The zero-order valence-corrected chi connectivity index (χ0v) is 21.1. The molecule has 0 amide bonds. The van der Waals surface area contributed by atoms with E-state index in [2.05, 4.69) is 45.3 Å². The molecule has 6 nitrogen and oxygen atoms in total. The molecule has 4 heterocycles. The lowest BCUT2D eigenvalue weighted by atomic mass is 9.97. The number of alkyl halides is 2. The Morgan fingerprint density at radius 2 is 1.81 bits per heavy atom. The molecule has 6 rings (SSSR count). The Kier molecular flexibility index (Phi) is 5.94. The molecule has 8 heteroatoms. The Morgan fingerprint density at radius 1 is 0.972 bits per heavy atom. The van der Waals surface area contributed by atoms with Crippen LogP contribution in [0.3, 0.4) is 0 Å². The number of benzene rings is 2. The third-order valence-corrected chi connectivity index (χ3v) is 8.04. The summed E-state index contributed by atoms with van der Waals surface area (Å²) in [4.78, 5) is 15.7. The van der Waals surface area contributed by atoms with Crippen LogP contribution in [0.5, 0.6) is 0 Å². The van der Waals surface area contributed by atoms with Crippen molar-refractivity contribution >= 4 is 28.1 Å². The van der Waals surface area contributed by atoms with Crippen LogP contribution in [0.1, 0.15) is 36.0 Å². The molecule has 0 saturated carbocycles. The lowest BCUT2D eigenvalue weighted by molar-refractivity contribution is 0.0257. The van der Waals surface area contributed by atoms with Gasteiger partial charge in [0.1, 0.15) is 12.1 Å². The largest absolute Gasteiger partial charge is 0.382 e. The molecule has 36 heavy (non-hydrogen) atoms. The molecule has 2 aromatic carbocycles. The number of nitrogens with zero attached hydrogens (tertiary/aromatic N) is 5. The molecule has 0 radical (unpaired) electrons. The van der Waals surface area contributed by atoms with Gasteiger partial charge < -0.3 is 20.0 Å². The van der Waals surface area contributed by atoms with Gasteiger partial charge >= 0.3 is 0 Å². The van der Waals surface area contributed by atoms with E-state index in [1.807, 2.05) is 19.1 Å². The third-order valence-electron chi connectivity index (χ3n) is 8.04. The first-order chi connectivity index (χ1) is 17.3. The highest BCUT2D eigenvalue weighted by molar-refractivity contribution is 5.94. The molecular formula is C28H34F2N6. The highest BCUT2D eigenvalue weighted by atomic mass is 19.3. The average molecular weight is 493 g/mol. The molecule has 1 aromatic heterocycles. The van der Waals surface area contributed by atoms with Crippen molar-refractivity contribution < 1.29 is 8.78 Å². The number of halogens is 2. The molecular weight excluding hydrogens is 458 g/mol. The predicted octanol–water partition coefficient (Wildman–Crippen LogP) is 4.85. The highest BCUT2D eigenvalue weighted by Gasteiger charge is 2.38. The minimum Gasteiger partial charge on any atom is -0.382 e. The van der Waals surface area contributed by atoms with Gasteiger partial charge in [0.15, 0.2) is 0 Å². The monoisotopic (exact) mass is 492 g/mol. The summed E-state index contributed by atoms with van der Waals surface area (Å²) in [5, 5.41) is 4.69. The van der Waals surface area contributed by atoms with Crippen LogP contribution in [0.25, 0.3) is 10.9 Å². The van der Waals surface area contributed by atoms with Crippen LogP contribution in [-0.2, 0) is 13.0 Å². The maximum absolute atomic E-state index is 13.9. The van der Waals surface area contributed by atoms with Crippen LogP contribution in [0.15, 0.2) is 36.7 Å². The zero-order chi connectivity index (χ0) is 24.9. The number of aryl methyl sites for hydroxylation is 1. The molecule has 1 N–H and O–H groups in total. The van der Waals surface area contributed by atoms with Crippen molar-refractivity contribution in [3.05, 3.63) is 53.3 Å². The van der Waals surface area contributed by atoms with Gasteiger partial charge in [0.05, 0.1) is 12.1 Å². The fraction of sp³-hybridized carbons (Fsp3) is 0.500. The summed E-state index contributed by atoms with van der Waals surface area (Å²) in [7, 11) is 2.19. The lowest BCUT2D eigenvalue weighted by Crippen LogP contribution is -2.36. The summed E-state index contributed by atoms with van der Waals surface area (Å²) in [5.74, 6) is -1.75. The quantitative estimate of drug-likeness (QED) is 0.562. The average Bonchev–Trinajstić information content (AvgIpc) is 3.24. The van der Waals surface area contributed by atoms with E-state index in [0.717, 1.165) is 73.4 Å². The molecule has 190 valence electrons. The van der Waals surface area contributed by atoms with Crippen molar-refractivity contribution in [2.24, 2.45) is 0 Å². The van der Waals surface area contributed by atoms with Gasteiger partial charge in [0.2, 0.25) is 0 Å². The Hall–Kier alpha value is -3.00. The lowest BCUT2D eigenvalue weighted by Gasteiger charge is -2.32. The Balaban J connectivity index is 1.27. The zero-order valence-electron chi connectivity index (χ0n) is 21.1. The van der Waals surface area contributed by atoms with Gasteiger partial charge in [-0.3, -0.25) is 0 Å². The molecule has 3 aromatic rings. The fourth-order valence-electron chi connectivity index (χ4n) is 5.92. The SMILES string of the molecule is Cc1cc(N2CCC(F)(F)C2)cc2c(N3CCc4ccc(NC5CCN(C)CC5)cc4C3)ncnc12. The topological polar surface area (TPSA) is 47.5 Å². The van der Waals surface area contributed by atoms with Gasteiger partial charge in [-0.1, -0.05) is 6.07 Å². The number of hydrogen-bond acceptors (Lipinski definition) is 6. The fourth-order valence-corrected chi connectivity index (χ4v) is 5.92. The van der Waals surface area contributed by atoms with E-state index < -0.39 is 5.92 Å². The second-order valence-electron chi connectivity index (χ2n) is 10.8. The number of piperidine rings is 1. The number of fused-ring (bicyclic) bond motifs is 2. The van der Waals surface area contributed by atoms with Gasteiger partial charge in [-0.25, -0.2) is 18.7 Å². The smallest absolute Gasteiger partial charge is 0.266 e. The van der Waals surface area contributed by atoms with E-state index in [9.17, 15) is 8.78 Å². The number of anilines is 3. The normalized spacial score (nSPS) is 20.7. The standard InChI is InChI=1S/C28H34F2N6/c1-19-13-24(36-12-8-28(29,30)17-36)15-25-26(19)31-18-32-27(25)35-11-5-20-3-4-23(14-21(20)16-35)33-22-6-9-34(2)10-7-22/h3-4,13-15,18,22,33H,5-12,16-17H2,1-2H3. The van der Waals surface area contributed by atoms with Crippen molar-refractivity contribution in [1.82, 2.24) is 14.9 Å². The second kappa shape index (κ2) is 9.14. The van der Waals surface area contributed by atoms with E-state index in [1.165, 1.54) is 16.8 Å². The van der Waals surface area contributed by atoms with E-state index in [-0.39, 0.29) is 13.0 Å². The molecule has 3 aliphatic heterocycles. The van der Waals surface area contributed by atoms with E-state index in [0.29, 0.717) is 12.6 Å². The number of likely N-dealkylation sites (tertiary alicyclic amines) is 1. The van der Waals surface area contributed by atoms with E-state index in [4.69, 9.17) is 4.98 Å². The van der Waals surface area contributed by atoms with Crippen LogP contribution in [0.2, 0.25) is 0 Å². The summed E-state index contributed by atoms with van der Waals surface area (Å²) in [6.45, 7) is 6.04. The molecule has 0 bridgehead atoms. The van der Waals surface area contributed by atoms with Crippen molar-refractivity contribution in [2.75, 3.05) is 54.9 Å². The van der Waals surface area contributed by atoms with Gasteiger partial charge in [0, 0.05) is 48.9 Å². The predicted molar refractivity (Wildman–Crippen MR) is 141 cm³/mol. The molecule has 0 unspecified atom stereocenters. The first kappa shape index (κ1) is 23.4. The van der Waals surface area contributed by atoms with Crippen LogP contribution in [0, 0.1) is 6.92 Å². The van der Waals surface area contributed by atoms with Crippen molar-refractivity contribution in [3.8, 4) is 0 Å².